The quantitative estimate of drug-likeness (QED) is 0.222. The fourth-order valence-electron chi connectivity index (χ4n) is 3.98. The lowest BCUT2D eigenvalue weighted by atomic mass is 10.0. The van der Waals surface area contributed by atoms with Crippen molar-refractivity contribution in [3.8, 4) is 0 Å². The van der Waals surface area contributed by atoms with E-state index in [0.717, 1.165) is 23.6 Å². The Morgan fingerprint density at radius 2 is 1.19 bits per heavy atom. The van der Waals surface area contributed by atoms with Crippen LogP contribution in [0, 0.1) is 0 Å². The van der Waals surface area contributed by atoms with Crippen LogP contribution in [0.2, 0.25) is 5.02 Å². The molecule has 0 amide bonds. The van der Waals surface area contributed by atoms with E-state index in [9.17, 15) is 0 Å². The van der Waals surface area contributed by atoms with Gasteiger partial charge in [-0.1, -0.05) is 78.4 Å². The Labute approximate surface area is 208 Å². The summed E-state index contributed by atoms with van der Waals surface area (Å²) >= 11 is 11.6. The highest BCUT2D eigenvalue weighted by Gasteiger charge is 2.16. The molecule has 32 heavy (non-hydrogen) atoms. The average Bonchev–Trinajstić information content (AvgIpc) is 2.82. The van der Waals surface area contributed by atoms with Crippen LogP contribution >= 0.6 is 46.9 Å². The minimum absolute atomic E-state index is 0.828. The second-order valence-electron chi connectivity index (χ2n) is 7.73. The van der Waals surface area contributed by atoms with Crippen molar-refractivity contribution in [2.75, 3.05) is 5.75 Å². The molecule has 0 saturated heterocycles. The standard InChI is InChI=1S/C15H14S2.C13H9ClS/c1-2-16-13-7-8-15-12(10-13)9-11-5-3-4-6-14(11)17-15;14-11-5-6-13-10(8-11)7-9-3-1-2-4-12(9)15-13/h3-8,10H,2,9H2,1H3;1-6,8H,7H2. The Kier molecular flexibility index (Phi) is 6.89. The van der Waals surface area contributed by atoms with Crippen molar-refractivity contribution >= 4 is 46.9 Å². The van der Waals surface area contributed by atoms with Gasteiger partial charge in [0.15, 0.2) is 0 Å². The molecule has 0 spiro atoms. The van der Waals surface area contributed by atoms with E-state index < -0.39 is 0 Å². The lowest BCUT2D eigenvalue weighted by Gasteiger charge is -2.19. The van der Waals surface area contributed by atoms with Crippen LogP contribution in [-0.4, -0.2) is 5.75 Å². The van der Waals surface area contributed by atoms with Gasteiger partial charge >= 0.3 is 0 Å². The highest BCUT2D eigenvalue weighted by molar-refractivity contribution is 8.00. The Balaban J connectivity index is 0.000000136. The molecule has 2 aliphatic heterocycles. The minimum atomic E-state index is 0.828. The summed E-state index contributed by atoms with van der Waals surface area (Å²) in [5, 5.41) is 0.828. The van der Waals surface area contributed by atoms with Gasteiger partial charge in [0.05, 0.1) is 0 Å². The molecule has 0 aromatic heterocycles. The smallest absolute Gasteiger partial charge is 0.0409 e. The average molecular weight is 491 g/mol. The zero-order valence-corrected chi connectivity index (χ0v) is 21.0. The maximum Gasteiger partial charge on any atom is 0.0409 e. The fraction of sp³-hybridized carbons (Fsp3) is 0.143. The van der Waals surface area contributed by atoms with Gasteiger partial charge in [0, 0.05) is 29.5 Å². The van der Waals surface area contributed by atoms with Crippen LogP contribution < -0.4 is 0 Å². The van der Waals surface area contributed by atoms with Crippen molar-refractivity contribution in [1.82, 2.24) is 0 Å². The van der Waals surface area contributed by atoms with E-state index in [1.165, 1.54) is 46.7 Å². The van der Waals surface area contributed by atoms with Crippen molar-refractivity contribution in [1.29, 1.82) is 0 Å². The summed E-state index contributed by atoms with van der Waals surface area (Å²) in [6, 6.07) is 30.3. The van der Waals surface area contributed by atoms with Crippen LogP contribution in [0.3, 0.4) is 0 Å². The predicted octanol–water partition coefficient (Wildman–Crippen LogP) is 9.25. The summed E-state index contributed by atoms with van der Waals surface area (Å²) in [6.07, 6.45) is 2.08. The normalized spacial score (nSPS) is 13.1. The van der Waals surface area contributed by atoms with Gasteiger partial charge in [-0.05, 0) is 89.4 Å². The molecule has 0 fully saturated rings. The first kappa shape index (κ1) is 22.0. The molecule has 0 aliphatic carbocycles. The van der Waals surface area contributed by atoms with Crippen LogP contribution in [0.4, 0.5) is 0 Å². The largest absolute Gasteiger partial charge is 0.126 e. The lowest BCUT2D eigenvalue weighted by molar-refractivity contribution is 1.04. The molecular weight excluding hydrogens is 468 g/mol. The van der Waals surface area contributed by atoms with Crippen molar-refractivity contribution < 1.29 is 0 Å². The van der Waals surface area contributed by atoms with Crippen LogP contribution in [0.15, 0.2) is 109 Å². The molecule has 0 bridgehead atoms. The Bertz CT molecular complexity index is 1270. The molecule has 0 saturated carbocycles. The molecule has 0 radical (unpaired) electrons. The van der Waals surface area contributed by atoms with Crippen LogP contribution in [0.25, 0.3) is 0 Å². The van der Waals surface area contributed by atoms with Gasteiger partial charge in [-0.15, -0.1) is 11.8 Å². The second kappa shape index (κ2) is 10.0. The van der Waals surface area contributed by atoms with Crippen molar-refractivity contribution in [2.24, 2.45) is 0 Å². The van der Waals surface area contributed by atoms with E-state index in [1.54, 1.807) is 0 Å². The monoisotopic (exact) mass is 490 g/mol. The van der Waals surface area contributed by atoms with E-state index >= 15 is 0 Å². The first-order valence-electron chi connectivity index (χ1n) is 10.8. The summed E-state index contributed by atoms with van der Waals surface area (Å²) in [5.41, 5.74) is 5.68. The SMILES string of the molecule is CCSc1ccc2c(c1)Cc1ccccc1S2.Clc1ccc2c(c1)Cc1ccccc1S2. The zero-order chi connectivity index (χ0) is 21.9. The summed E-state index contributed by atoms with van der Waals surface area (Å²) in [4.78, 5) is 6.93. The summed E-state index contributed by atoms with van der Waals surface area (Å²) in [5.74, 6) is 1.14. The Morgan fingerprint density at radius 1 is 0.656 bits per heavy atom. The molecule has 160 valence electrons. The van der Waals surface area contributed by atoms with Gasteiger partial charge in [0.2, 0.25) is 0 Å². The molecule has 4 aromatic rings. The van der Waals surface area contributed by atoms with Crippen molar-refractivity contribution in [3.05, 3.63) is 112 Å². The number of thioether (sulfide) groups is 1. The van der Waals surface area contributed by atoms with Gasteiger partial charge in [-0.3, -0.25) is 0 Å². The third kappa shape index (κ3) is 4.92. The van der Waals surface area contributed by atoms with E-state index in [2.05, 4.69) is 85.8 Å². The molecule has 2 heterocycles. The van der Waals surface area contributed by atoms with Gasteiger partial charge in [-0.25, -0.2) is 0 Å². The van der Waals surface area contributed by atoms with E-state index in [0.29, 0.717) is 0 Å². The topological polar surface area (TPSA) is 0 Å². The van der Waals surface area contributed by atoms with Crippen molar-refractivity contribution in [2.45, 2.75) is 44.2 Å². The van der Waals surface area contributed by atoms with Gasteiger partial charge in [-0.2, -0.15) is 0 Å². The van der Waals surface area contributed by atoms with Gasteiger partial charge < -0.3 is 0 Å². The first-order valence-corrected chi connectivity index (χ1v) is 13.7. The number of hydrogen-bond acceptors (Lipinski definition) is 3. The molecule has 6 rings (SSSR count). The Morgan fingerprint density at radius 3 is 1.81 bits per heavy atom. The fourth-order valence-corrected chi connectivity index (χ4v) is 7.01. The number of benzene rings is 4. The molecule has 0 unspecified atom stereocenters. The number of halogens is 1. The van der Waals surface area contributed by atoms with E-state index in [-0.39, 0.29) is 0 Å². The maximum atomic E-state index is 5.99. The number of hydrogen-bond donors (Lipinski definition) is 0. The molecular formula is C28H23ClS3. The zero-order valence-electron chi connectivity index (χ0n) is 17.8. The molecule has 2 aliphatic rings. The van der Waals surface area contributed by atoms with E-state index in [1.807, 2.05) is 41.4 Å². The van der Waals surface area contributed by atoms with E-state index in [4.69, 9.17) is 11.6 Å². The number of rotatable bonds is 2. The minimum Gasteiger partial charge on any atom is -0.126 e. The number of fused-ring (bicyclic) bond motifs is 4. The summed E-state index contributed by atoms with van der Waals surface area (Å²) in [6.45, 7) is 2.20. The third-order valence-corrected chi connectivity index (χ3v) is 9.10. The molecule has 4 aromatic carbocycles. The van der Waals surface area contributed by atoms with Gasteiger partial charge in [0.1, 0.15) is 0 Å². The highest BCUT2D eigenvalue weighted by atomic mass is 35.5. The molecule has 0 atom stereocenters. The molecule has 4 heteroatoms. The van der Waals surface area contributed by atoms with Crippen LogP contribution in [0.1, 0.15) is 29.2 Å². The second-order valence-corrected chi connectivity index (χ2v) is 11.7. The summed E-state index contributed by atoms with van der Waals surface area (Å²) in [7, 11) is 0. The molecule has 0 N–H and O–H groups in total. The first-order chi connectivity index (χ1) is 15.7. The predicted molar refractivity (Wildman–Crippen MR) is 141 cm³/mol. The van der Waals surface area contributed by atoms with Gasteiger partial charge in [0.25, 0.3) is 0 Å². The molecule has 0 nitrogen and oxygen atoms in total. The maximum absolute atomic E-state index is 5.99. The van der Waals surface area contributed by atoms with Crippen LogP contribution in [-0.2, 0) is 12.8 Å². The van der Waals surface area contributed by atoms with Crippen molar-refractivity contribution in [3.63, 3.8) is 0 Å². The van der Waals surface area contributed by atoms with Crippen LogP contribution in [0.5, 0.6) is 0 Å². The lowest BCUT2D eigenvalue weighted by Crippen LogP contribution is -1.99. The summed E-state index contributed by atoms with van der Waals surface area (Å²) < 4.78 is 0. The highest BCUT2D eigenvalue weighted by Crippen LogP contribution is 2.41. The third-order valence-electron chi connectivity index (χ3n) is 5.51. The Hall–Kier alpha value is -1.78.